The van der Waals surface area contributed by atoms with Gasteiger partial charge in [-0.3, -0.25) is 4.72 Å². The number of sulfonamides is 1. The number of nitriles is 1. The van der Waals surface area contributed by atoms with Crippen molar-refractivity contribution in [3.05, 3.63) is 57.0 Å². The van der Waals surface area contributed by atoms with Gasteiger partial charge in [-0.2, -0.15) is 5.26 Å². The van der Waals surface area contributed by atoms with Crippen molar-refractivity contribution in [1.29, 1.82) is 5.26 Å². The van der Waals surface area contributed by atoms with Crippen LogP contribution in [0, 0.1) is 11.3 Å². The minimum Gasteiger partial charge on any atom is -0.280 e. The van der Waals surface area contributed by atoms with Crippen LogP contribution in [0.3, 0.4) is 0 Å². The Labute approximate surface area is 133 Å². The van der Waals surface area contributed by atoms with Gasteiger partial charge in [-0.05, 0) is 58.4 Å². The molecule has 2 rings (SSSR count). The Bertz CT molecular complexity index is 781. The van der Waals surface area contributed by atoms with E-state index >= 15 is 0 Å². The van der Waals surface area contributed by atoms with Crippen molar-refractivity contribution in [2.24, 2.45) is 0 Å². The second kappa shape index (κ2) is 5.95. The molecule has 0 aliphatic carbocycles. The van der Waals surface area contributed by atoms with Gasteiger partial charge in [-0.25, -0.2) is 8.42 Å². The number of hydrogen-bond acceptors (Lipinski definition) is 3. The summed E-state index contributed by atoms with van der Waals surface area (Å²) in [7, 11) is -3.68. The van der Waals surface area contributed by atoms with E-state index in [1.807, 2.05) is 6.07 Å². The summed E-state index contributed by atoms with van der Waals surface area (Å²) in [6.07, 6.45) is 0. The fourth-order valence-corrected chi connectivity index (χ4v) is 4.32. The normalized spacial score (nSPS) is 10.8. The molecule has 2 aromatic rings. The second-order valence-corrected chi connectivity index (χ2v) is 7.29. The van der Waals surface area contributed by atoms with Crippen LogP contribution in [0.2, 0.25) is 0 Å². The summed E-state index contributed by atoms with van der Waals surface area (Å²) >= 11 is 6.50. The molecule has 0 aliphatic heterocycles. The van der Waals surface area contributed by atoms with Crippen LogP contribution in [-0.4, -0.2) is 8.42 Å². The predicted octanol–water partition coefficient (Wildman–Crippen LogP) is 3.88. The summed E-state index contributed by atoms with van der Waals surface area (Å²) in [6, 6.07) is 13.0. The van der Waals surface area contributed by atoms with Crippen LogP contribution in [0.4, 0.5) is 5.69 Å². The molecule has 0 saturated carbocycles. The van der Waals surface area contributed by atoms with Gasteiger partial charge in [0.05, 0.1) is 11.6 Å². The van der Waals surface area contributed by atoms with E-state index in [1.165, 1.54) is 6.07 Å². The Hall–Kier alpha value is -1.36. The zero-order chi connectivity index (χ0) is 14.8. The van der Waals surface area contributed by atoms with Crippen molar-refractivity contribution in [2.75, 3.05) is 4.72 Å². The SMILES string of the molecule is N#Cc1ccc(NS(=O)(=O)c2ccc(Br)cc2Br)cc1. The molecule has 1 N–H and O–H groups in total. The van der Waals surface area contributed by atoms with Gasteiger partial charge in [0.1, 0.15) is 4.90 Å². The number of benzene rings is 2. The Morgan fingerprint density at radius 2 is 1.70 bits per heavy atom. The van der Waals surface area contributed by atoms with E-state index in [-0.39, 0.29) is 4.90 Å². The van der Waals surface area contributed by atoms with Gasteiger partial charge in [0.15, 0.2) is 0 Å². The largest absolute Gasteiger partial charge is 0.280 e. The van der Waals surface area contributed by atoms with Gasteiger partial charge >= 0.3 is 0 Å². The van der Waals surface area contributed by atoms with Crippen LogP contribution in [0.5, 0.6) is 0 Å². The first kappa shape index (κ1) is 15.0. The van der Waals surface area contributed by atoms with E-state index in [9.17, 15) is 8.42 Å². The van der Waals surface area contributed by atoms with E-state index in [1.54, 1.807) is 36.4 Å². The van der Waals surface area contributed by atoms with Gasteiger partial charge in [0.25, 0.3) is 10.0 Å². The lowest BCUT2D eigenvalue weighted by molar-refractivity contribution is 0.600. The van der Waals surface area contributed by atoms with Gasteiger partial charge in [-0.15, -0.1) is 0 Å². The van der Waals surface area contributed by atoms with E-state index in [0.717, 1.165) is 4.47 Å². The van der Waals surface area contributed by atoms with Gasteiger partial charge < -0.3 is 0 Å². The van der Waals surface area contributed by atoms with Crippen LogP contribution >= 0.6 is 31.9 Å². The molecule has 0 aromatic heterocycles. The number of nitrogens with one attached hydrogen (secondary N) is 1. The summed E-state index contributed by atoms with van der Waals surface area (Å²) in [5.74, 6) is 0. The van der Waals surface area contributed by atoms with Crippen LogP contribution in [-0.2, 0) is 10.0 Å². The summed E-state index contributed by atoms with van der Waals surface area (Å²) < 4.78 is 28.2. The maximum Gasteiger partial charge on any atom is 0.263 e. The minimum atomic E-state index is -3.68. The van der Waals surface area contributed by atoms with E-state index in [0.29, 0.717) is 15.7 Å². The van der Waals surface area contributed by atoms with Crippen LogP contribution in [0.25, 0.3) is 0 Å². The van der Waals surface area contributed by atoms with E-state index in [2.05, 4.69) is 36.6 Å². The molecule has 4 nitrogen and oxygen atoms in total. The van der Waals surface area contributed by atoms with Crippen molar-refractivity contribution >= 4 is 47.6 Å². The predicted molar refractivity (Wildman–Crippen MR) is 83.8 cm³/mol. The lowest BCUT2D eigenvalue weighted by atomic mass is 10.2. The summed E-state index contributed by atoms with van der Waals surface area (Å²) in [6.45, 7) is 0. The zero-order valence-corrected chi connectivity index (χ0v) is 14.0. The minimum absolute atomic E-state index is 0.144. The van der Waals surface area contributed by atoms with Crippen LogP contribution in [0.15, 0.2) is 56.3 Å². The molecule has 0 fully saturated rings. The van der Waals surface area contributed by atoms with E-state index in [4.69, 9.17) is 5.26 Å². The standard InChI is InChI=1S/C13H8Br2N2O2S/c14-10-3-6-13(12(15)7-10)20(18,19)17-11-4-1-9(8-16)2-5-11/h1-7,17H. The highest BCUT2D eigenvalue weighted by atomic mass is 79.9. The fraction of sp³-hybridized carbons (Fsp3) is 0. The summed E-state index contributed by atoms with van der Waals surface area (Å²) in [5, 5.41) is 8.70. The molecule has 0 unspecified atom stereocenters. The first-order valence-electron chi connectivity index (χ1n) is 5.40. The quantitative estimate of drug-likeness (QED) is 0.826. The molecule has 0 aliphatic rings. The molecule has 20 heavy (non-hydrogen) atoms. The van der Waals surface area contributed by atoms with Gasteiger partial charge in [0, 0.05) is 14.6 Å². The lowest BCUT2D eigenvalue weighted by Crippen LogP contribution is -2.13. The third-order valence-corrected chi connectivity index (χ3v) is 5.30. The zero-order valence-electron chi connectivity index (χ0n) is 9.97. The summed E-state index contributed by atoms with van der Waals surface area (Å²) in [4.78, 5) is 0.144. The van der Waals surface area contributed by atoms with Crippen molar-refractivity contribution in [3.63, 3.8) is 0 Å². The highest BCUT2D eigenvalue weighted by molar-refractivity contribution is 9.11. The molecule has 2 aromatic carbocycles. The van der Waals surface area contributed by atoms with Crippen molar-refractivity contribution in [2.45, 2.75) is 4.90 Å². The average molecular weight is 416 g/mol. The number of anilines is 1. The molecule has 0 heterocycles. The monoisotopic (exact) mass is 414 g/mol. The highest BCUT2D eigenvalue weighted by Gasteiger charge is 2.17. The fourth-order valence-electron chi connectivity index (χ4n) is 1.52. The van der Waals surface area contributed by atoms with Gasteiger partial charge in [0.2, 0.25) is 0 Å². The third-order valence-electron chi connectivity index (χ3n) is 2.45. The molecule has 0 atom stereocenters. The lowest BCUT2D eigenvalue weighted by Gasteiger charge is -2.09. The average Bonchev–Trinajstić information content (AvgIpc) is 2.38. The molecular formula is C13H8Br2N2O2S. The number of halogens is 2. The highest BCUT2D eigenvalue weighted by Crippen LogP contribution is 2.27. The molecule has 7 heteroatoms. The number of hydrogen-bond donors (Lipinski definition) is 1. The van der Waals surface area contributed by atoms with Crippen LogP contribution in [0.1, 0.15) is 5.56 Å². The first-order valence-corrected chi connectivity index (χ1v) is 8.47. The molecule has 0 spiro atoms. The van der Waals surface area contributed by atoms with E-state index < -0.39 is 10.0 Å². The van der Waals surface area contributed by atoms with Crippen molar-refractivity contribution < 1.29 is 8.42 Å². The number of rotatable bonds is 3. The smallest absolute Gasteiger partial charge is 0.263 e. The Kier molecular flexibility index (Phi) is 4.48. The maximum atomic E-state index is 12.3. The van der Waals surface area contributed by atoms with Crippen LogP contribution < -0.4 is 4.72 Å². The second-order valence-electron chi connectivity index (χ2n) is 3.87. The molecule has 0 radical (unpaired) electrons. The first-order chi connectivity index (χ1) is 9.42. The Morgan fingerprint density at radius 3 is 2.25 bits per heavy atom. The maximum absolute atomic E-state index is 12.3. The number of nitrogens with zero attached hydrogens (tertiary/aromatic N) is 1. The molecule has 0 amide bonds. The Morgan fingerprint density at radius 1 is 1.05 bits per heavy atom. The van der Waals surface area contributed by atoms with Crippen molar-refractivity contribution in [1.82, 2.24) is 0 Å². The topological polar surface area (TPSA) is 70.0 Å². The molecule has 0 bridgehead atoms. The molecule has 102 valence electrons. The van der Waals surface area contributed by atoms with Gasteiger partial charge in [-0.1, -0.05) is 15.9 Å². The Balaban J connectivity index is 2.33. The summed E-state index contributed by atoms with van der Waals surface area (Å²) in [5.41, 5.74) is 0.872. The molecular weight excluding hydrogens is 408 g/mol. The van der Waals surface area contributed by atoms with Crippen molar-refractivity contribution in [3.8, 4) is 6.07 Å². The third kappa shape index (κ3) is 3.39. The molecule has 0 saturated heterocycles.